The van der Waals surface area contributed by atoms with Crippen LogP contribution in [-0.4, -0.2) is 14.9 Å². The van der Waals surface area contributed by atoms with Crippen molar-refractivity contribution < 1.29 is 0 Å². The number of nitrogens with one attached hydrogen (secondary N) is 2. The lowest BCUT2D eigenvalue weighted by molar-refractivity contribution is 0.634. The summed E-state index contributed by atoms with van der Waals surface area (Å²) in [7, 11) is 0. The second kappa shape index (κ2) is 6.26. The van der Waals surface area contributed by atoms with Crippen LogP contribution in [0.2, 0.25) is 0 Å². The van der Waals surface area contributed by atoms with Crippen molar-refractivity contribution in [3.05, 3.63) is 40.7 Å². The monoisotopic (exact) mass is 302 g/mol. The highest BCUT2D eigenvalue weighted by Gasteiger charge is 2.12. The fourth-order valence-corrected chi connectivity index (χ4v) is 2.54. The van der Waals surface area contributed by atoms with E-state index in [4.69, 9.17) is 12.2 Å². The average Bonchev–Trinajstić information content (AvgIpc) is 2.70. The molecule has 1 heterocycles. The van der Waals surface area contributed by atoms with E-state index in [1.54, 1.807) is 0 Å². The molecule has 0 bridgehead atoms. The van der Waals surface area contributed by atoms with Crippen LogP contribution >= 0.6 is 12.2 Å². The number of rotatable bonds is 3. The molecule has 5 heteroatoms. The van der Waals surface area contributed by atoms with Crippen LogP contribution in [0.5, 0.6) is 0 Å². The van der Waals surface area contributed by atoms with E-state index in [0.29, 0.717) is 5.11 Å². The summed E-state index contributed by atoms with van der Waals surface area (Å²) in [6.07, 6.45) is 0. The third-order valence-electron chi connectivity index (χ3n) is 3.56. The Kier molecular flexibility index (Phi) is 4.63. The molecule has 1 aromatic carbocycles. The van der Waals surface area contributed by atoms with Crippen LogP contribution in [0.1, 0.15) is 29.4 Å². The number of benzene rings is 1. The molecule has 2 aromatic rings. The van der Waals surface area contributed by atoms with E-state index in [-0.39, 0.29) is 0 Å². The van der Waals surface area contributed by atoms with E-state index < -0.39 is 0 Å². The van der Waals surface area contributed by atoms with Crippen LogP contribution in [0.25, 0.3) is 0 Å². The SMILES string of the molecule is CCn1nc(C)c(NC(=S)Nc2cc(C)ccc2C)c1C. The molecule has 0 fully saturated rings. The van der Waals surface area contributed by atoms with Crippen molar-refractivity contribution in [2.24, 2.45) is 0 Å². The van der Waals surface area contributed by atoms with E-state index in [2.05, 4.69) is 54.7 Å². The molecule has 1 aromatic heterocycles. The van der Waals surface area contributed by atoms with E-state index in [1.807, 2.05) is 18.5 Å². The van der Waals surface area contributed by atoms with Gasteiger partial charge in [-0.3, -0.25) is 4.68 Å². The van der Waals surface area contributed by atoms with Crippen LogP contribution in [0.3, 0.4) is 0 Å². The van der Waals surface area contributed by atoms with Crippen molar-refractivity contribution in [1.29, 1.82) is 0 Å². The number of anilines is 2. The molecule has 0 atom stereocenters. The number of thiocarbonyl (C=S) groups is 1. The zero-order chi connectivity index (χ0) is 15.6. The van der Waals surface area contributed by atoms with Crippen LogP contribution in [-0.2, 0) is 6.54 Å². The number of hydrogen-bond donors (Lipinski definition) is 2. The lowest BCUT2D eigenvalue weighted by atomic mass is 10.1. The molecule has 2 N–H and O–H groups in total. The Morgan fingerprint density at radius 1 is 1.19 bits per heavy atom. The largest absolute Gasteiger partial charge is 0.332 e. The van der Waals surface area contributed by atoms with Gasteiger partial charge in [-0.25, -0.2) is 0 Å². The lowest BCUT2D eigenvalue weighted by Crippen LogP contribution is -2.20. The van der Waals surface area contributed by atoms with E-state index >= 15 is 0 Å². The topological polar surface area (TPSA) is 41.9 Å². The Bertz CT molecular complexity index is 673. The first-order chi connectivity index (χ1) is 9.92. The van der Waals surface area contributed by atoms with Crippen molar-refractivity contribution >= 4 is 28.7 Å². The minimum absolute atomic E-state index is 0.588. The molecule has 0 aliphatic carbocycles. The molecule has 0 radical (unpaired) electrons. The molecule has 0 aliphatic heterocycles. The highest BCUT2D eigenvalue weighted by atomic mass is 32.1. The third kappa shape index (κ3) is 3.42. The Labute approximate surface area is 131 Å². The van der Waals surface area contributed by atoms with Crippen molar-refractivity contribution in [2.75, 3.05) is 10.6 Å². The second-order valence-corrected chi connectivity index (χ2v) is 5.67. The summed E-state index contributed by atoms with van der Waals surface area (Å²) in [6.45, 7) is 11.1. The quantitative estimate of drug-likeness (QED) is 0.843. The predicted molar refractivity (Wildman–Crippen MR) is 93.1 cm³/mol. The van der Waals surface area contributed by atoms with Gasteiger partial charge >= 0.3 is 0 Å². The molecule has 0 saturated carbocycles. The first kappa shape index (κ1) is 15.5. The third-order valence-corrected chi connectivity index (χ3v) is 3.76. The Balaban J connectivity index is 2.15. The lowest BCUT2D eigenvalue weighted by Gasteiger charge is -2.13. The molecule has 0 amide bonds. The van der Waals surface area contributed by atoms with Gasteiger partial charge in [0, 0.05) is 12.2 Å². The first-order valence-corrected chi connectivity index (χ1v) is 7.52. The van der Waals surface area contributed by atoms with E-state index in [9.17, 15) is 0 Å². The number of aromatic nitrogens is 2. The van der Waals surface area contributed by atoms with Crippen LogP contribution in [0.15, 0.2) is 18.2 Å². The minimum atomic E-state index is 0.588. The maximum atomic E-state index is 5.43. The van der Waals surface area contributed by atoms with Gasteiger partial charge in [0.2, 0.25) is 0 Å². The molecule has 4 nitrogen and oxygen atoms in total. The molecule has 2 rings (SSSR count). The maximum Gasteiger partial charge on any atom is 0.175 e. The van der Waals surface area contributed by atoms with Gasteiger partial charge in [-0.2, -0.15) is 5.10 Å². The van der Waals surface area contributed by atoms with Gasteiger partial charge in [-0.1, -0.05) is 12.1 Å². The zero-order valence-electron chi connectivity index (χ0n) is 13.2. The first-order valence-electron chi connectivity index (χ1n) is 7.11. The van der Waals surface area contributed by atoms with E-state index in [1.165, 1.54) is 11.1 Å². The van der Waals surface area contributed by atoms with Gasteiger partial charge in [0.25, 0.3) is 0 Å². The second-order valence-electron chi connectivity index (χ2n) is 5.26. The fraction of sp³-hybridized carbons (Fsp3) is 0.375. The summed E-state index contributed by atoms with van der Waals surface area (Å²) in [4.78, 5) is 0. The summed E-state index contributed by atoms with van der Waals surface area (Å²) in [5.74, 6) is 0. The Hall–Kier alpha value is -1.88. The molecule has 0 aliphatic rings. The van der Waals surface area contributed by atoms with Crippen molar-refractivity contribution in [2.45, 2.75) is 41.2 Å². The predicted octanol–water partition coefficient (Wildman–Crippen LogP) is 3.95. The van der Waals surface area contributed by atoms with Gasteiger partial charge < -0.3 is 10.6 Å². The molecule has 112 valence electrons. The van der Waals surface area contributed by atoms with Crippen LogP contribution in [0, 0.1) is 27.7 Å². The molecule has 0 saturated heterocycles. The number of nitrogens with zero attached hydrogens (tertiary/aromatic N) is 2. The molecule has 0 unspecified atom stereocenters. The van der Waals surface area contributed by atoms with Crippen LogP contribution in [0.4, 0.5) is 11.4 Å². The van der Waals surface area contributed by atoms with E-state index in [0.717, 1.165) is 29.3 Å². The average molecular weight is 302 g/mol. The normalized spacial score (nSPS) is 10.5. The summed E-state index contributed by atoms with van der Waals surface area (Å²) < 4.78 is 1.97. The summed E-state index contributed by atoms with van der Waals surface area (Å²) in [6, 6.07) is 6.28. The fourth-order valence-electron chi connectivity index (χ4n) is 2.32. The molecule has 21 heavy (non-hydrogen) atoms. The van der Waals surface area contributed by atoms with Gasteiger partial charge in [-0.05, 0) is 64.0 Å². The van der Waals surface area contributed by atoms with Gasteiger partial charge in [-0.15, -0.1) is 0 Å². The van der Waals surface area contributed by atoms with Crippen molar-refractivity contribution in [3.8, 4) is 0 Å². The Morgan fingerprint density at radius 2 is 1.90 bits per heavy atom. The maximum absolute atomic E-state index is 5.43. The zero-order valence-corrected chi connectivity index (χ0v) is 14.1. The molecular formula is C16H22N4S. The highest BCUT2D eigenvalue weighted by Crippen LogP contribution is 2.21. The highest BCUT2D eigenvalue weighted by molar-refractivity contribution is 7.80. The van der Waals surface area contributed by atoms with Crippen LogP contribution < -0.4 is 10.6 Å². The van der Waals surface area contributed by atoms with Crippen molar-refractivity contribution in [3.63, 3.8) is 0 Å². The number of hydrogen-bond acceptors (Lipinski definition) is 2. The minimum Gasteiger partial charge on any atom is -0.332 e. The van der Waals surface area contributed by atoms with Gasteiger partial charge in [0.15, 0.2) is 5.11 Å². The smallest absolute Gasteiger partial charge is 0.175 e. The van der Waals surface area contributed by atoms with Gasteiger partial charge in [0.1, 0.15) is 0 Å². The summed E-state index contributed by atoms with van der Waals surface area (Å²) in [5.41, 5.74) is 6.45. The van der Waals surface area contributed by atoms with Crippen molar-refractivity contribution in [1.82, 2.24) is 9.78 Å². The number of aryl methyl sites for hydroxylation is 4. The standard InChI is InChI=1S/C16H22N4S/c1-6-20-13(5)15(12(4)19-20)18-16(21)17-14-9-10(2)7-8-11(14)3/h7-9H,6H2,1-5H3,(H2,17,18,21). The summed E-state index contributed by atoms with van der Waals surface area (Å²) in [5, 5.41) is 11.6. The summed E-state index contributed by atoms with van der Waals surface area (Å²) >= 11 is 5.43. The molecule has 0 spiro atoms. The van der Waals surface area contributed by atoms with Gasteiger partial charge in [0.05, 0.1) is 17.1 Å². The Morgan fingerprint density at radius 3 is 2.52 bits per heavy atom. The molecular weight excluding hydrogens is 280 g/mol.